The minimum absolute atomic E-state index is 0.235. The molecule has 5 nitrogen and oxygen atoms in total. The predicted molar refractivity (Wildman–Crippen MR) is 150 cm³/mol. The molecule has 3 aromatic rings. The molecule has 0 spiro atoms. The van der Waals surface area contributed by atoms with E-state index < -0.39 is 6.17 Å². The summed E-state index contributed by atoms with van der Waals surface area (Å²) in [6, 6.07) is 19.1. The van der Waals surface area contributed by atoms with E-state index >= 15 is 0 Å². The lowest BCUT2D eigenvalue weighted by Crippen LogP contribution is -2.47. The highest BCUT2D eigenvalue weighted by Gasteiger charge is 2.31. The normalized spacial score (nSPS) is 15.2. The number of benzodiazepines with no additional fused rings is 1. The molecule has 180 valence electrons. The summed E-state index contributed by atoms with van der Waals surface area (Å²) in [5.41, 5.74) is 5.98. The molecule has 1 aliphatic heterocycles. The Morgan fingerprint density at radius 1 is 1.06 bits per heavy atom. The van der Waals surface area contributed by atoms with E-state index in [1.807, 2.05) is 61.5 Å². The smallest absolute Gasteiger partial charge is 0.272 e. The number of fused-ring (bicyclic) bond motifs is 1. The fraction of sp³-hybridized carbons (Fsp3) is 0.222. The molecule has 0 fully saturated rings. The molecule has 1 atom stereocenters. The topological polar surface area (TPSA) is 56.7 Å². The third kappa shape index (κ3) is 5.20. The molecule has 0 aromatic heterocycles. The van der Waals surface area contributed by atoms with E-state index in [0.29, 0.717) is 20.9 Å². The largest absolute Gasteiger partial charge is 0.333 e. The van der Waals surface area contributed by atoms with E-state index in [2.05, 4.69) is 17.6 Å². The Labute approximate surface area is 221 Å². The van der Waals surface area contributed by atoms with Gasteiger partial charge in [-0.15, -0.1) is 0 Å². The first-order valence-electron chi connectivity index (χ1n) is 11.4. The lowest BCUT2D eigenvalue weighted by molar-refractivity contribution is -0.119. The average Bonchev–Trinajstić information content (AvgIpc) is 2.95. The number of benzene rings is 3. The highest BCUT2D eigenvalue weighted by molar-refractivity contribution is 7.80. The van der Waals surface area contributed by atoms with Crippen LogP contribution < -0.4 is 15.5 Å². The van der Waals surface area contributed by atoms with Gasteiger partial charge in [-0.25, -0.2) is 4.99 Å². The quantitative estimate of drug-likeness (QED) is 0.387. The minimum Gasteiger partial charge on any atom is -0.333 e. The van der Waals surface area contributed by atoms with Crippen molar-refractivity contribution in [3.63, 3.8) is 0 Å². The maximum atomic E-state index is 13.5. The molecule has 1 unspecified atom stereocenters. The van der Waals surface area contributed by atoms with E-state index in [1.165, 1.54) is 0 Å². The summed E-state index contributed by atoms with van der Waals surface area (Å²) in [6.45, 7) is 4.12. The standard InChI is InChI=1S/C27H26Cl2N4OS/c1-4-16-11-13-21(29)19(5-2)23(16)31-27(35)32-25-26(34)33(3)22-14-12-18(28)15-20(22)24(30-25)17-9-7-6-8-10-17/h6-15,25H,4-5H2,1-3H3,(H2,31,32,35). The number of anilines is 2. The highest BCUT2D eigenvalue weighted by Crippen LogP contribution is 2.31. The number of carbonyl (C=O) groups excluding carboxylic acids is 1. The molecule has 2 N–H and O–H groups in total. The first-order valence-corrected chi connectivity index (χ1v) is 12.6. The highest BCUT2D eigenvalue weighted by atomic mass is 35.5. The number of halogens is 2. The number of aliphatic imine (C=N–C) groups is 1. The molecular formula is C27H26Cl2N4OS. The van der Waals surface area contributed by atoms with Gasteiger partial charge in [0, 0.05) is 33.9 Å². The summed E-state index contributed by atoms with van der Waals surface area (Å²) in [5, 5.41) is 7.95. The number of rotatable bonds is 5. The van der Waals surface area contributed by atoms with Crippen molar-refractivity contribution in [1.82, 2.24) is 5.32 Å². The van der Waals surface area contributed by atoms with E-state index in [9.17, 15) is 4.79 Å². The number of likely N-dealkylation sites (N-methyl/N-ethyl adjacent to an activating group) is 1. The third-order valence-electron chi connectivity index (χ3n) is 6.03. The maximum absolute atomic E-state index is 13.5. The maximum Gasteiger partial charge on any atom is 0.272 e. The molecule has 8 heteroatoms. The Hall–Kier alpha value is -2.93. The van der Waals surface area contributed by atoms with Crippen molar-refractivity contribution in [2.24, 2.45) is 4.99 Å². The van der Waals surface area contributed by atoms with Crippen molar-refractivity contribution in [1.29, 1.82) is 0 Å². The van der Waals surface area contributed by atoms with Gasteiger partial charge in [0.1, 0.15) is 0 Å². The number of nitrogens with zero attached hydrogens (tertiary/aromatic N) is 2. The van der Waals surface area contributed by atoms with Crippen molar-refractivity contribution in [3.05, 3.63) is 93.0 Å². The van der Waals surface area contributed by atoms with Crippen LogP contribution in [0.5, 0.6) is 0 Å². The molecular weight excluding hydrogens is 499 g/mol. The monoisotopic (exact) mass is 524 g/mol. The summed E-state index contributed by atoms with van der Waals surface area (Å²) in [7, 11) is 1.73. The van der Waals surface area contributed by atoms with Crippen LogP contribution in [0.25, 0.3) is 0 Å². The molecule has 0 saturated carbocycles. The molecule has 0 bridgehead atoms. The van der Waals surface area contributed by atoms with Gasteiger partial charge in [0.25, 0.3) is 5.91 Å². The van der Waals surface area contributed by atoms with Gasteiger partial charge in [-0.05, 0) is 60.5 Å². The van der Waals surface area contributed by atoms with Crippen LogP contribution in [0.15, 0.2) is 65.7 Å². The number of hydrogen-bond donors (Lipinski definition) is 2. The van der Waals surface area contributed by atoms with Crippen LogP contribution >= 0.6 is 35.4 Å². The van der Waals surface area contributed by atoms with Crippen LogP contribution in [0.1, 0.15) is 36.1 Å². The third-order valence-corrected chi connectivity index (χ3v) is 6.84. The van der Waals surface area contributed by atoms with Crippen LogP contribution in [0.4, 0.5) is 11.4 Å². The van der Waals surface area contributed by atoms with Crippen LogP contribution in [-0.4, -0.2) is 29.9 Å². The van der Waals surface area contributed by atoms with Crippen LogP contribution in [0.3, 0.4) is 0 Å². The first kappa shape index (κ1) is 25.2. The van der Waals surface area contributed by atoms with Gasteiger partial charge in [-0.2, -0.15) is 0 Å². The number of thiocarbonyl (C=S) groups is 1. The van der Waals surface area contributed by atoms with Crippen molar-refractivity contribution in [2.75, 3.05) is 17.3 Å². The minimum atomic E-state index is -0.935. The summed E-state index contributed by atoms with van der Waals surface area (Å²) >= 11 is 18.4. The molecule has 0 aliphatic carbocycles. The molecule has 1 amide bonds. The Morgan fingerprint density at radius 2 is 1.80 bits per heavy atom. The lowest BCUT2D eigenvalue weighted by atomic mass is 10.0. The van der Waals surface area contributed by atoms with E-state index in [4.69, 9.17) is 40.4 Å². The van der Waals surface area contributed by atoms with Gasteiger partial charge in [-0.3, -0.25) is 4.79 Å². The zero-order valence-electron chi connectivity index (χ0n) is 19.7. The summed E-state index contributed by atoms with van der Waals surface area (Å²) < 4.78 is 0. The molecule has 3 aromatic carbocycles. The fourth-order valence-electron chi connectivity index (χ4n) is 4.21. The van der Waals surface area contributed by atoms with Crippen molar-refractivity contribution in [2.45, 2.75) is 32.9 Å². The second kappa shape index (κ2) is 10.8. The molecule has 1 aliphatic rings. The summed E-state index contributed by atoms with van der Waals surface area (Å²) in [4.78, 5) is 19.9. The number of hydrogen-bond acceptors (Lipinski definition) is 3. The fourth-order valence-corrected chi connectivity index (χ4v) is 4.88. The molecule has 35 heavy (non-hydrogen) atoms. The number of aryl methyl sites for hydroxylation is 1. The van der Waals surface area contributed by atoms with Crippen LogP contribution in [0, 0.1) is 0 Å². The predicted octanol–water partition coefficient (Wildman–Crippen LogP) is 6.24. The SMILES string of the molecule is CCc1ccc(Cl)c(CC)c1NC(=S)NC1N=C(c2ccccc2)c2cc(Cl)ccc2N(C)C1=O. The van der Waals surface area contributed by atoms with Crippen LogP contribution in [-0.2, 0) is 17.6 Å². The number of nitrogens with one attached hydrogen (secondary N) is 2. The summed E-state index contributed by atoms with van der Waals surface area (Å²) in [5.74, 6) is -0.235. The Balaban J connectivity index is 1.73. The first-order chi connectivity index (χ1) is 16.8. The number of carbonyl (C=O) groups is 1. The van der Waals surface area contributed by atoms with Gasteiger partial charge >= 0.3 is 0 Å². The van der Waals surface area contributed by atoms with Gasteiger partial charge in [-0.1, -0.05) is 73.4 Å². The molecule has 0 saturated heterocycles. The van der Waals surface area contributed by atoms with Gasteiger partial charge < -0.3 is 15.5 Å². The summed E-state index contributed by atoms with van der Waals surface area (Å²) in [6.07, 6.45) is 0.623. The second-order valence-corrected chi connectivity index (χ2v) is 9.42. The number of amides is 1. The Bertz CT molecular complexity index is 1310. The molecule has 4 rings (SSSR count). The van der Waals surface area contributed by atoms with Gasteiger partial charge in [0.05, 0.1) is 11.4 Å². The zero-order chi connectivity index (χ0) is 25.1. The van der Waals surface area contributed by atoms with E-state index in [1.54, 1.807) is 18.0 Å². The van der Waals surface area contributed by atoms with Crippen molar-refractivity contribution < 1.29 is 4.79 Å². The van der Waals surface area contributed by atoms with Gasteiger partial charge in [0.2, 0.25) is 6.17 Å². The van der Waals surface area contributed by atoms with Gasteiger partial charge in [0.15, 0.2) is 5.11 Å². The zero-order valence-corrected chi connectivity index (χ0v) is 22.1. The lowest BCUT2D eigenvalue weighted by Gasteiger charge is -2.23. The van der Waals surface area contributed by atoms with Crippen molar-refractivity contribution >= 4 is 63.5 Å². The average molecular weight is 526 g/mol. The molecule has 1 heterocycles. The van der Waals surface area contributed by atoms with E-state index in [-0.39, 0.29) is 5.91 Å². The van der Waals surface area contributed by atoms with Crippen LogP contribution in [0.2, 0.25) is 10.0 Å². The Morgan fingerprint density at radius 3 is 2.49 bits per heavy atom. The Kier molecular flexibility index (Phi) is 7.75. The molecule has 0 radical (unpaired) electrons. The van der Waals surface area contributed by atoms with E-state index in [0.717, 1.165) is 46.5 Å². The second-order valence-electron chi connectivity index (χ2n) is 8.17. The van der Waals surface area contributed by atoms with Crippen molar-refractivity contribution in [3.8, 4) is 0 Å².